The Morgan fingerprint density at radius 2 is 1.83 bits per heavy atom. The summed E-state index contributed by atoms with van der Waals surface area (Å²) < 4.78 is 5.73. The molecule has 3 nitrogen and oxygen atoms in total. The predicted molar refractivity (Wildman–Crippen MR) is 70.0 cm³/mol. The number of para-hydroxylation sites is 1. The second kappa shape index (κ2) is 4.18. The van der Waals surface area contributed by atoms with Crippen molar-refractivity contribution in [2.75, 3.05) is 5.73 Å². The molecule has 0 aliphatic heterocycles. The third-order valence-electron chi connectivity index (χ3n) is 3.13. The first-order valence-electron chi connectivity index (χ1n) is 5.92. The van der Waals surface area contributed by atoms with Crippen LogP contribution in [-0.4, -0.2) is 5.78 Å². The van der Waals surface area contributed by atoms with Crippen LogP contribution in [0.25, 0.3) is 0 Å². The molecule has 18 heavy (non-hydrogen) atoms. The number of hydrogen-bond acceptors (Lipinski definition) is 3. The first kappa shape index (κ1) is 10.8. The first-order chi connectivity index (χ1) is 8.74. The Balaban J connectivity index is 1.97. The third-order valence-corrected chi connectivity index (χ3v) is 3.13. The van der Waals surface area contributed by atoms with E-state index in [0.717, 1.165) is 23.3 Å². The second-order valence-electron chi connectivity index (χ2n) is 4.39. The maximum atomic E-state index is 11.6. The molecule has 0 aromatic heterocycles. The molecule has 90 valence electrons. The minimum atomic E-state index is 0.169. The summed E-state index contributed by atoms with van der Waals surface area (Å²) in [7, 11) is 0. The Hall–Kier alpha value is -2.29. The van der Waals surface area contributed by atoms with Crippen LogP contribution in [0.2, 0.25) is 0 Å². The van der Waals surface area contributed by atoms with E-state index in [0.29, 0.717) is 17.9 Å². The summed E-state index contributed by atoms with van der Waals surface area (Å²) in [4.78, 5) is 11.6. The van der Waals surface area contributed by atoms with Crippen LogP contribution in [0.15, 0.2) is 42.5 Å². The van der Waals surface area contributed by atoms with Crippen molar-refractivity contribution in [3.8, 4) is 11.5 Å². The summed E-state index contributed by atoms with van der Waals surface area (Å²) in [6, 6.07) is 13.1. The molecule has 3 heteroatoms. The van der Waals surface area contributed by atoms with Gasteiger partial charge in [-0.2, -0.15) is 0 Å². The van der Waals surface area contributed by atoms with E-state index in [9.17, 15) is 4.79 Å². The molecule has 0 heterocycles. The normalized spacial score (nSPS) is 13.4. The number of nitrogen functional groups attached to an aromatic ring is 1. The van der Waals surface area contributed by atoms with Crippen molar-refractivity contribution in [1.82, 2.24) is 0 Å². The Kier molecular flexibility index (Phi) is 2.52. The molecule has 0 radical (unpaired) electrons. The molecule has 0 saturated carbocycles. The number of ketones is 1. The number of carbonyl (C=O) groups is 1. The van der Waals surface area contributed by atoms with Crippen LogP contribution < -0.4 is 10.5 Å². The van der Waals surface area contributed by atoms with Gasteiger partial charge in [-0.15, -0.1) is 0 Å². The molecule has 0 saturated heterocycles. The highest BCUT2D eigenvalue weighted by molar-refractivity contribution is 6.01. The zero-order chi connectivity index (χ0) is 12.5. The molecule has 0 fully saturated rings. The van der Waals surface area contributed by atoms with Gasteiger partial charge in [-0.25, -0.2) is 0 Å². The van der Waals surface area contributed by atoms with Crippen LogP contribution in [0.4, 0.5) is 5.69 Å². The summed E-state index contributed by atoms with van der Waals surface area (Å²) in [5.74, 6) is 1.53. The summed E-state index contributed by atoms with van der Waals surface area (Å²) in [5.41, 5.74) is 8.21. The van der Waals surface area contributed by atoms with Crippen molar-refractivity contribution in [2.24, 2.45) is 0 Å². The van der Waals surface area contributed by atoms with Gasteiger partial charge in [0.15, 0.2) is 11.5 Å². The molecule has 2 aromatic rings. The maximum absolute atomic E-state index is 11.6. The molecule has 0 atom stereocenters. The van der Waals surface area contributed by atoms with Crippen LogP contribution in [0.5, 0.6) is 11.5 Å². The Bertz CT molecular complexity index is 605. The van der Waals surface area contributed by atoms with Gasteiger partial charge < -0.3 is 10.5 Å². The monoisotopic (exact) mass is 239 g/mol. The number of rotatable bonds is 2. The standard InChI is InChI=1S/C15H13NO2/c16-13-9-12-10(6-7-14(12)17)8-15(13)18-11-4-2-1-3-5-11/h1-5,8-9H,6-7,16H2. The van der Waals surface area contributed by atoms with Gasteiger partial charge in [0.05, 0.1) is 5.69 Å². The number of hydrogen-bond donors (Lipinski definition) is 1. The van der Waals surface area contributed by atoms with Gasteiger partial charge in [0.2, 0.25) is 0 Å². The van der Waals surface area contributed by atoms with E-state index < -0.39 is 0 Å². The number of ether oxygens (including phenoxy) is 1. The van der Waals surface area contributed by atoms with Gasteiger partial charge >= 0.3 is 0 Å². The van der Waals surface area contributed by atoms with Gasteiger partial charge in [0, 0.05) is 12.0 Å². The fraction of sp³-hybridized carbons (Fsp3) is 0.133. The quantitative estimate of drug-likeness (QED) is 0.819. The zero-order valence-corrected chi connectivity index (χ0v) is 9.85. The molecule has 0 amide bonds. The lowest BCUT2D eigenvalue weighted by molar-refractivity contribution is 0.0994. The molecular formula is C15H13NO2. The van der Waals surface area contributed by atoms with E-state index in [4.69, 9.17) is 10.5 Å². The molecule has 2 N–H and O–H groups in total. The lowest BCUT2D eigenvalue weighted by Crippen LogP contribution is -1.97. The topological polar surface area (TPSA) is 52.3 Å². The number of nitrogens with two attached hydrogens (primary N) is 1. The second-order valence-corrected chi connectivity index (χ2v) is 4.39. The lowest BCUT2D eigenvalue weighted by Gasteiger charge is -2.10. The Morgan fingerprint density at radius 1 is 1.06 bits per heavy atom. The molecular weight excluding hydrogens is 226 g/mol. The number of benzene rings is 2. The highest BCUT2D eigenvalue weighted by Crippen LogP contribution is 2.34. The molecule has 0 unspecified atom stereocenters. The number of fused-ring (bicyclic) bond motifs is 1. The third kappa shape index (κ3) is 1.84. The van der Waals surface area contributed by atoms with E-state index in [-0.39, 0.29) is 5.78 Å². The van der Waals surface area contributed by atoms with E-state index >= 15 is 0 Å². The molecule has 0 bridgehead atoms. The number of anilines is 1. The molecule has 1 aliphatic rings. The van der Waals surface area contributed by atoms with Crippen LogP contribution in [0.3, 0.4) is 0 Å². The summed E-state index contributed by atoms with van der Waals surface area (Å²) >= 11 is 0. The van der Waals surface area contributed by atoms with Crippen molar-refractivity contribution in [1.29, 1.82) is 0 Å². The lowest BCUT2D eigenvalue weighted by atomic mass is 10.1. The summed E-state index contributed by atoms with van der Waals surface area (Å²) in [6.45, 7) is 0. The highest BCUT2D eigenvalue weighted by Gasteiger charge is 2.21. The van der Waals surface area contributed by atoms with Crippen molar-refractivity contribution in [3.63, 3.8) is 0 Å². The Labute approximate surface area is 105 Å². The fourth-order valence-corrected chi connectivity index (χ4v) is 2.19. The molecule has 1 aliphatic carbocycles. The molecule has 2 aromatic carbocycles. The largest absolute Gasteiger partial charge is 0.455 e. The van der Waals surface area contributed by atoms with Gasteiger partial charge in [-0.3, -0.25) is 4.79 Å². The molecule has 0 spiro atoms. The van der Waals surface area contributed by atoms with Crippen molar-refractivity contribution in [2.45, 2.75) is 12.8 Å². The summed E-state index contributed by atoms with van der Waals surface area (Å²) in [6.07, 6.45) is 1.35. The maximum Gasteiger partial charge on any atom is 0.163 e. The van der Waals surface area contributed by atoms with Gasteiger partial charge in [0.25, 0.3) is 0 Å². The van der Waals surface area contributed by atoms with Gasteiger partial charge in [-0.05, 0) is 36.2 Å². The van der Waals surface area contributed by atoms with E-state index in [1.54, 1.807) is 6.07 Å². The number of Topliss-reactive ketones (excluding diaryl/α,β-unsaturated/α-hetero) is 1. The zero-order valence-electron chi connectivity index (χ0n) is 9.85. The van der Waals surface area contributed by atoms with Gasteiger partial charge in [-0.1, -0.05) is 18.2 Å². The number of carbonyl (C=O) groups excluding carboxylic acids is 1. The minimum Gasteiger partial charge on any atom is -0.455 e. The average molecular weight is 239 g/mol. The van der Waals surface area contributed by atoms with Crippen LogP contribution in [-0.2, 0) is 6.42 Å². The van der Waals surface area contributed by atoms with Crippen molar-refractivity contribution >= 4 is 11.5 Å². The van der Waals surface area contributed by atoms with E-state index in [1.807, 2.05) is 36.4 Å². The van der Waals surface area contributed by atoms with E-state index in [1.165, 1.54) is 0 Å². The fourth-order valence-electron chi connectivity index (χ4n) is 2.19. The molecule has 3 rings (SSSR count). The van der Waals surface area contributed by atoms with E-state index in [2.05, 4.69) is 0 Å². The predicted octanol–water partition coefficient (Wildman–Crippen LogP) is 3.19. The van der Waals surface area contributed by atoms with Crippen molar-refractivity contribution < 1.29 is 9.53 Å². The smallest absolute Gasteiger partial charge is 0.163 e. The first-order valence-corrected chi connectivity index (χ1v) is 5.92. The van der Waals surface area contributed by atoms with Crippen LogP contribution in [0, 0.1) is 0 Å². The number of aryl methyl sites for hydroxylation is 1. The van der Waals surface area contributed by atoms with Gasteiger partial charge in [0.1, 0.15) is 5.75 Å². The minimum absolute atomic E-state index is 0.169. The van der Waals surface area contributed by atoms with Crippen molar-refractivity contribution in [3.05, 3.63) is 53.6 Å². The highest BCUT2D eigenvalue weighted by atomic mass is 16.5. The van der Waals surface area contributed by atoms with Crippen LogP contribution in [0.1, 0.15) is 22.3 Å². The SMILES string of the molecule is Nc1cc2c(cc1Oc1ccccc1)CCC2=O. The summed E-state index contributed by atoms with van der Waals surface area (Å²) in [5, 5.41) is 0. The van der Waals surface area contributed by atoms with Crippen LogP contribution >= 0.6 is 0 Å². The Morgan fingerprint density at radius 3 is 2.61 bits per heavy atom. The average Bonchev–Trinajstić information content (AvgIpc) is 2.73.